The zero-order chi connectivity index (χ0) is 24.8. The molecule has 182 valence electrons. The predicted molar refractivity (Wildman–Crippen MR) is 136 cm³/mol. The summed E-state index contributed by atoms with van der Waals surface area (Å²) in [6.45, 7) is 0.577. The van der Waals surface area contributed by atoms with Crippen molar-refractivity contribution in [3.8, 4) is 5.75 Å². The first-order valence-corrected chi connectivity index (χ1v) is 12.1. The molecular weight excluding hydrogens is 489 g/mol. The molecule has 2 atom stereocenters. The number of carbonyl (C=O) groups excluding carboxylic acids is 1. The summed E-state index contributed by atoms with van der Waals surface area (Å²) in [5, 5.41) is 15.9. The van der Waals surface area contributed by atoms with E-state index >= 15 is 0 Å². The number of carbonyl (C=O) groups is 2. The highest BCUT2D eigenvalue weighted by Crippen LogP contribution is 2.26. The normalized spacial score (nSPS) is 15.1. The molecule has 2 aromatic carbocycles. The van der Waals surface area contributed by atoms with Crippen molar-refractivity contribution in [1.82, 2.24) is 10.3 Å². The monoisotopic (exact) mass is 513 g/mol. The molecule has 1 aliphatic heterocycles. The fourth-order valence-electron chi connectivity index (χ4n) is 4.04. The van der Waals surface area contributed by atoms with Crippen LogP contribution in [0.1, 0.15) is 34.3 Å². The van der Waals surface area contributed by atoms with Gasteiger partial charge in [-0.15, -0.1) is 0 Å². The molecule has 3 aromatic rings. The van der Waals surface area contributed by atoms with E-state index in [1.54, 1.807) is 36.5 Å². The van der Waals surface area contributed by atoms with Gasteiger partial charge in [-0.3, -0.25) is 4.79 Å². The van der Waals surface area contributed by atoms with Gasteiger partial charge in [0.1, 0.15) is 17.6 Å². The average Bonchev–Trinajstić information content (AvgIpc) is 3.25. The van der Waals surface area contributed by atoms with Crippen molar-refractivity contribution < 1.29 is 19.4 Å². The standard InChI is InChI=1S/C26H25Cl2N3O4/c27-20-6-1-7-21(28)23(20)25(32)31-22(26(33)34)14-16-8-10-19(11-9-16)35-13-3-5-18-15-17-4-2-12-29-24(17)30-18/h1-2,4,6-12,18,22H,3,5,13-15H2,(H,29,30)(H,31,32)(H,33,34)/t18-,22?/m1/s1. The molecule has 1 aliphatic rings. The second kappa shape index (κ2) is 11.4. The van der Waals surface area contributed by atoms with Crippen molar-refractivity contribution in [3.05, 3.63) is 87.5 Å². The zero-order valence-corrected chi connectivity index (χ0v) is 20.4. The van der Waals surface area contributed by atoms with Crippen LogP contribution in [0.25, 0.3) is 0 Å². The van der Waals surface area contributed by atoms with E-state index in [2.05, 4.69) is 21.7 Å². The molecule has 3 N–H and O–H groups in total. The molecule has 4 rings (SSSR count). The molecule has 9 heteroatoms. The van der Waals surface area contributed by atoms with E-state index in [-0.39, 0.29) is 22.0 Å². The van der Waals surface area contributed by atoms with Crippen molar-refractivity contribution >= 4 is 40.9 Å². The number of carboxylic acid groups (broad SMARTS) is 1. The number of aliphatic carboxylic acids is 1. The number of nitrogens with one attached hydrogen (secondary N) is 2. The third kappa shape index (κ3) is 6.44. The van der Waals surface area contributed by atoms with Crippen LogP contribution in [0, 0.1) is 0 Å². The van der Waals surface area contributed by atoms with Crippen LogP contribution in [0.4, 0.5) is 5.82 Å². The molecule has 35 heavy (non-hydrogen) atoms. The van der Waals surface area contributed by atoms with Crippen LogP contribution < -0.4 is 15.4 Å². The SMILES string of the molecule is O=C(NC(Cc1ccc(OCCC[C@@H]2Cc3cccnc3N2)cc1)C(=O)O)c1c(Cl)cccc1Cl. The Morgan fingerprint density at radius 2 is 1.86 bits per heavy atom. The van der Waals surface area contributed by atoms with Crippen LogP contribution in [0.5, 0.6) is 5.75 Å². The van der Waals surface area contributed by atoms with Crippen LogP contribution in [0.2, 0.25) is 10.0 Å². The molecule has 1 aromatic heterocycles. The van der Waals surface area contributed by atoms with E-state index in [1.807, 2.05) is 6.07 Å². The van der Waals surface area contributed by atoms with Crippen molar-refractivity contribution in [3.63, 3.8) is 0 Å². The second-order valence-corrected chi connectivity index (χ2v) is 9.17. The second-order valence-electron chi connectivity index (χ2n) is 8.36. The van der Waals surface area contributed by atoms with Gasteiger partial charge in [0.2, 0.25) is 0 Å². The highest BCUT2D eigenvalue weighted by atomic mass is 35.5. The fraction of sp³-hybridized carbons (Fsp3) is 0.269. The van der Waals surface area contributed by atoms with E-state index in [0.29, 0.717) is 18.4 Å². The summed E-state index contributed by atoms with van der Waals surface area (Å²) >= 11 is 12.1. The Kier molecular flexibility index (Phi) is 8.10. The number of hydrogen-bond acceptors (Lipinski definition) is 5. The zero-order valence-electron chi connectivity index (χ0n) is 18.8. The van der Waals surface area contributed by atoms with Gasteiger partial charge in [0.15, 0.2) is 0 Å². The molecule has 0 spiro atoms. The molecule has 0 bridgehead atoms. The Bertz CT molecular complexity index is 1160. The molecule has 0 radical (unpaired) electrons. The van der Waals surface area contributed by atoms with E-state index in [0.717, 1.165) is 30.6 Å². The van der Waals surface area contributed by atoms with Crippen LogP contribution in [-0.4, -0.2) is 40.7 Å². The summed E-state index contributed by atoms with van der Waals surface area (Å²) in [5.41, 5.74) is 2.05. The number of nitrogens with zero attached hydrogens (tertiary/aromatic N) is 1. The molecule has 0 aliphatic carbocycles. The van der Waals surface area contributed by atoms with Gasteiger partial charge in [-0.05, 0) is 60.7 Å². The quantitative estimate of drug-likeness (QED) is 0.329. The summed E-state index contributed by atoms with van der Waals surface area (Å²) in [7, 11) is 0. The number of hydrogen-bond donors (Lipinski definition) is 3. The third-order valence-electron chi connectivity index (χ3n) is 5.82. The number of anilines is 1. The predicted octanol–water partition coefficient (Wildman–Crippen LogP) is 5.01. The van der Waals surface area contributed by atoms with Gasteiger partial charge in [-0.2, -0.15) is 0 Å². The summed E-state index contributed by atoms with van der Waals surface area (Å²) in [6, 6.07) is 15.1. The maximum atomic E-state index is 12.6. The Morgan fingerprint density at radius 3 is 2.54 bits per heavy atom. The lowest BCUT2D eigenvalue weighted by Crippen LogP contribution is -2.42. The Balaban J connectivity index is 1.25. The summed E-state index contributed by atoms with van der Waals surface area (Å²) < 4.78 is 5.84. The van der Waals surface area contributed by atoms with Gasteiger partial charge in [-0.1, -0.05) is 47.5 Å². The van der Waals surface area contributed by atoms with E-state index in [1.165, 1.54) is 17.7 Å². The molecule has 1 unspecified atom stereocenters. The first-order chi connectivity index (χ1) is 16.9. The molecule has 2 heterocycles. The molecule has 1 amide bonds. The maximum absolute atomic E-state index is 12.6. The van der Waals surface area contributed by atoms with Crippen molar-refractivity contribution in [1.29, 1.82) is 0 Å². The van der Waals surface area contributed by atoms with Crippen molar-refractivity contribution in [2.24, 2.45) is 0 Å². The van der Waals surface area contributed by atoms with Crippen LogP contribution in [0.3, 0.4) is 0 Å². The Hall–Kier alpha value is -3.29. The number of pyridine rings is 1. The highest BCUT2D eigenvalue weighted by Gasteiger charge is 2.24. The topological polar surface area (TPSA) is 101 Å². The molecule has 0 saturated heterocycles. The van der Waals surface area contributed by atoms with Crippen molar-refractivity contribution in [2.75, 3.05) is 11.9 Å². The van der Waals surface area contributed by atoms with Gasteiger partial charge < -0.3 is 20.5 Å². The number of fused-ring (bicyclic) bond motifs is 1. The number of ether oxygens (including phenoxy) is 1. The Labute approximate surface area is 213 Å². The number of amides is 1. The highest BCUT2D eigenvalue weighted by molar-refractivity contribution is 6.39. The summed E-state index contributed by atoms with van der Waals surface area (Å²) in [6.07, 6.45) is 4.74. The fourth-order valence-corrected chi connectivity index (χ4v) is 4.61. The van der Waals surface area contributed by atoms with E-state index < -0.39 is 17.9 Å². The molecule has 7 nitrogen and oxygen atoms in total. The van der Waals surface area contributed by atoms with Crippen molar-refractivity contribution in [2.45, 2.75) is 37.8 Å². The smallest absolute Gasteiger partial charge is 0.326 e. The van der Waals surface area contributed by atoms with Gasteiger partial charge >= 0.3 is 5.97 Å². The Morgan fingerprint density at radius 1 is 1.11 bits per heavy atom. The number of halogens is 2. The van der Waals surface area contributed by atoms with Gasteiger partial charge in [0.25, 0.3) is 5.91 Å². The summed E-state index contributed by atoms with van der Waals surface area (Å²) in [4.78, 5) is 28.7. The van der Waals surface area contributed by atoms with Crippen LogP contribution in [0.15, 0.2) is 60.8 Å². The lowest BCUT2D eigenvalue weighted by molar-refractivity contribution is -0.139. The largest absolute Gasteiger partial charge is 0.494 e. The summed E-state index contributed by atoms with van der Waals surface area (Å²) in [5.74, 6) is -0.111. The number of benzene rings is 2. The number of carboxylic acids is 1. The maximum Gasteiger partial charge on any atom is 0.326 e. The number of rotatable bonds is 10. The van der Waals surface area contributed by atoms with E-state index in [4.69, 9.17) is 27.9 Å². The average molecular weight is 514 g/mol. The van der Waals surface area contributed by atoms with Gasteiger partial charge in [0, 0.05) is 18.7 Å². The van der Waals surface area contributed by atoms with Gasteiger partial charge in [0.05, 0.1) is 22.2 Å². The first kappa shape index (κ1) is 24.8. The lowest BCUT2D eigenvalue weighted by atomic mass is 10.0. The van der Waals surface area contributed by atoms with Crippen LogP contribution in [-0.2, 0) is 17.6 Å². The molecule has 0 fully saturated rings. The minimum absolute atomic E-state index is 0.0544. The minimum Gasteiger partial charge on any atom is -0.494 e. The number of aromatic nitrogens is 1. The minimum atomic E-state index is -1.15. The third-order valence-corrected chi connectivity index (χ3v) is 6.45. The molecular formula is C26H25Cl2N3O4. The first-order valence-electron chi connectivity index (χ1n) is 11.3. The van der Waals surface area contributed by atoms with Gasteiger partial charge in [-0.25, -0.2) is 9.78 Å². The molecule has 0 saturated carbocycles. The van der Waals surface area contributed by atoms with E-state index in [9.17, 15) is 14.7 Å². The van der Waals surface area contributed by atoms with Crippen LogP contribution >= 0.6 is 23.2 Å². The lowest BCUT2D eigenvalue weighted by Gasteiger charge is -2.16.